The minimum absolute atomic E-state index is 0.0397. The Morgan fingerprint density at radius 2 is 1.85 bits per heavy atom. The van der Waals surface area contributed by atoms with Crippen LogP contribution in [-0.2, 0) is 9.53 Å². The Bertz CT molecular complexity index is 563. The lowest BCUT2D eigenvalue weighted by Crippen LogP contribution is -2.56. The molecule has 2 atom stereocenters. The Morgan fingerprint density at radius 1 is 1.19 bits per heavy atom. The van der Waals surface area contributed by atoms with E-state index >= 15 is 0 Å². The highest BCUT2D eigenvalue weighted by molar-refractivity contribution is 5.96. The van der Waals surface area contributed by atoms with Crippen LogP contribution in [0, 0.1) is 0 Å². The van der Waals surface area contributed by atoms with E-state index in [2.05, 4.69) is 5.32 Å². The Hall–Kier alpha value is -1.73. The fourth-order valence-electron chi connectivity index (χ4n) is 4.02. The van der Waals surface area contributed by atoms with Crippen LogP contribution in [0.1, 0.15) is 45.4 Å². The summed E-state index contributed by atoms with van der Waals surface area (Å²) < 4.78 is 5.78. The molecule has 2 unspecified atom stereocenters. The molecular weight excluding hydrogens is 342 g/mol. The van der Waals surface area contributed by atoms with Gasteiger partial charge in [-0.15, -0.1) is 0 Å². The lowest BCUT2D eigenvalue weighted by atomic mass is 9.92. The predicted molar refractivity (Wildman–Crippen MR) is 109 cm³/mol. The first kappa shape index (κ1) is 21.6. The van der Waals surface area contributed by atoms with Gasteiger partial charge in [-0.25, -0.2) is 0 Å². The molecule has 0 spiro atoms. The van der Waals surface area contributed by atoms with Gasteiger partial charge in [-0.3, -0.25) is 4.79 Å². The molecule has 0 bridgehead atoms. The van der Waals surface area contributed by atoms with Gasteiger partial charge < -0.3 is 31.3 Å². The molecular formula is C20H37N5O2. The van der Waals surface area contributed by atoms with Gasteiger partial charge in [-0.1, -0.05) is 19.3 Å². The molecule has 1 saturated heterocycles. The van der Waals surface area contributed by atoms with Crippen molar-refractivity contribution in [2.75, 3.05) is 34.3 Å². The quantitative estimate of drug-likeness (QED) is 0.473. The number of carbonyl (C=O) groups is 1. The second kappa shape index (κ2) is 9.99. The van der Waals surface area contributed by atoms with Crippen LogP contribution in [0.15, 0.2) is 23.2 Å². The summed E-state index contributed by atoms with van der Waals surface area (Å²) in [7, 11) is 5.18. The van der Waals surface area contributed by atoms with Crippen molar-refractivity contribution in [2.45, 2.75) is 63.6 Å². The van der Waals surface area contributed by atoms with Crippen LogP contribution < -0.4 is 16.8 Å². The first-order valence-electron chi connectivity index (χ1n) is 10.0. The zero-order valence-corrected chi connectivity index (χ0v) is 17.3. The largest absolute Gasteiger partial charge is 0.402 e. The first-order valence-corrected chi connectivity index (χ1v) is 10.0. The fraction of sp³-hybridized carbons (Fsp3) is 0.750. The van der Waals surface area contributed by atoms with Gasteiger partial charge >= 0.3 is 0 Å². The molecule has 2 fully saturated rings. The fourth-order valence-corrected chi connectivity index (χ4v) is 4.02. The Morgan fingerprint density at radius 3 is 2.41 bits per heavy atom. The normalized spacial score (nSPS) is 25.9. The Balaban J connectivity index is 2.12. The van der Waals surface area contributed by atoms with Gasteiger partial charge in [0.2, 0.25) is 0 Å². The van der Waals surface area contributed by atoms with Gasteiger partial charge in [0.05, 0.1) is 11.7 Å². The van der Waals surface area contributed by atoms with E-state index in [1.165, 1.54) is 37.0 Å². The molecule has 5 N–H and O–H groups in total. The summed E-state index contributed by atoms with van der Waals surface area (Å²) in [5.41, 5.74) is 13.2. The molecule has 0 radical (unpaired) electrons. The summed E-state index contributed by atoms with van der Waals surface area (Å²) in [6.07, 6.45) is 9.10. The molecule has 7 heteroatoms. The summed E-state index contributed by atoms with van der Waals surface area (Å²) in [6, 6.07) is 0.913. The van der Waals surface area contributed by atoms with Gasteiger partial charge in [0, 0.05) is 52.1 Å². The van der Waals surface area contributed by atoms with E-state index in [9.17, 15) is 4.79 Å². The van der Waals surface area contributed by atoms with Crippen molar-refractivity contribution in [3.63, 3.8) is 0 Å². The van der Waals surface area contributed by atoms with Crippen molar-refractivity contribution in [3.05, 3.63) is 23.2 Å². The van der Waals surface area contributed by atoms with E-state index in [-0.39, 0.29) is 12.0 Å². The number of likely N-dealkylation sites (N-methyl/N-ethyl adjacent to an activating group) is 1. The van der Waals surface area contributed by atoms with Crippen LogP contribution >= 0.6 is 0 Å². The van der Waals surface area contributed by atoms with Crippen molar-refractivity contribution in [1.82, 2.24) is 15.1 Å². The van der Waals surface area contributed by atoms with Crippen LogP contribution in [0.5, 0.6) is 0 Å². The van der Waals surface area contributed by atoms with Crippen LogP contribution in [0.4, 0.5) is 0 Å². The standard InChI is InChI=1S/C20H37N5O2/c1-14(21)12-16(20(26)24(2)3)19(22)25-11-10-17(18(13-25)27-4)23-15-8-6-5-7-9-15/h12,15,17-18,23H,5-11,13,21-22H2,1-4H3/b14-12-,19-16-. The number of amides is 1. The highest BCUT2D eigenvalue weighted by atomic mass is 16.5. The van der Waals surface area contributed by atoms with E-state index in [4.69, 9.17) is 16.2 Å². The second-order valence-electron chi connectivity index (χ2n) is 8.00. The van der Waals surface area contributed by atoms with Crippen molar-refractivity contribution in [2.24, 2.45) is 11.5 Å². The molecule has 0 aromatic carbocycles. The summed E-state index contributed by atoms with van der Waals surface area (Å²) in [6.45, 7) is 3.21. The first-order chi connectivity index (χ1) is 12.8. The number of nitrogens with one attached hydrogen (secondary N) is 1. The summed E-state index contributed by atoms with van der Waals surface area (Å²) in [5, 5.41) is 3.81. The number of methoxy groups -OCH3 is 1. The highest BCUT2D eigenvalue weighted by Gasteiger charge is 2.32. The number of rotatable bonds is 6. The zero-order valence-electron chi connectivity index (χ0n) is 17.3. The van der Waals surface area contributed by atoms with E-state index in [0.29, 0.717) is 35.7 Å². The third-order valence-corrected chi connectivity index (χ3v) is 5.54. The maximum atomic E-state index is 12.6. The van der Waals surface area contributed by atoms with E-state index in [1.807, 2.05) is 4.90 Å². The van der Waals surface area contributed by atoms with Gasteiger partial charge in [0.25, 0.3) is 5.91 Å². The summed E-state index contributed by atoms with van der Waals surface area (Å²) in [4.78, 5) is 16.1. The van der Waals surface area contributed by atoms with Crippen LogP contribution in [0.2, 0.25) is 0 Å². The lowest BCUT2D eigenvalue weighted by Gasteiger charge is -2.41. The third-order valence-electron chi connectivity index (χ3n) is 5.54. The number of ether oxygens (including phenoxy) is 1. The number of likely N-dealkylation sites (tertiary alicyclic amines) is 1. The molecule has 2 rings (SSSR count). The molecule has 27 heavy (non-hydrogen) atoms. The maximum absolute atomic E-state index is 12.6. The number of nitrogens with two attached hydrogens (primary N) is 2. The van der Waals surface area contributed by atoms with Gasteiger partial charge in [0.1, 0.15) is 5.82 Å². The molecule has 154 valence electrons. The minimum Gasteiger partial charge on any atom is -0.402 e. The second-order valence-corrected chi connectivity index (χ2v) is 8.00. The molecule has 0 aromatic rings. The smallest absolute Gasteiger partial charge is 0.257 e. The minimum atomic E-state index is -0.145. The Labute approximate surface area is 163 Å². The van der Waals surface area contributed by atoms with E-state index < -0.39 is 0 Å². The van der Waals surface area contributed by atoms with Crippen molar-refractivity contribution in [1.29, 1.82) is 0 Å². The van der Waals surface area contributed by atoms with Crippen LogP contribution in [-0.4, -0.2) is 68.2 Å². The zero-order chi connectivity index (χ0) is 20.0. The topological polar surface area (TPSA) is 96.9 Å². The molecule has 2 aliphatic rings. The summed E-state index contributed by atoms with van der Waals surface area (Å²) >= 11 is 0. The maximum Gasteiger partial charge on any atom is 0.257 e. The monoisotopic (exact) mass is 379 g/mol. The number of allylic oxidation sites excluding steroid dienone is 1. The number of piperidine rings is 1. The molecule has 0 aromatic heterocycles. The van der Waals surface area contributed by atoms with Gasteiger partial charge in [-0.2, -0.15) is 0 Å². The highest BCUT2D eigenvalue weighted by Crippen LogP contribution is 2.23. The SMILES string of the molecule is COC1CN(/C(N)=C(/C=C(/C)N)C(=O)N(C)C)CCC1NC1CCCCC1. The number of hydrogen-bond acceptors (Lipinski definition) is 6. The molecule has 1 aliphatic carbocycles. The molecule has 1 heterocycles. The number of carbonyl (C=O) groups excluding carboxylic acids is 1. The summed E-state index contributed by atoms with van der Waals surface area (Å²) in [5.74, 6) is 0.324. The number of nitrogens with zero attached hydrogens (tertiary/aromatic N) is 2. The number of hydrogen-bond donors (Lipinski definition) is 3. The average Bonchev–Trinajstić information content (AvgIpc) is 2.66. The molecule has 1 saturated carbocycles. The van der Waals surface area contributed by atoms with Crippen molar-refractivity contribution in [3.8, 4) is 0 Å². The predicted octanol–water partition coefficient (Wildman–Crippen LogP) is 1.12. The average molecular weight is 380 g/mol. The van der Waals surface area contributed by atoms with Gasteiger partial charge in [0.15, 0.2) is 0 Å². The molecule has 7 nitrogen and oxygen atoms in total. The van der Waals surface area contributed by atoms with Crippen LogP contribution in [0.3, 0.4) is 0 Å². The molecule has 1 aliphatic heterocycles. The lowest BCUT2D eigenvalue weighted by molar-refractivity contribution is -0.124. The van der Waals surface area contributed by atoms with E-state index in [0.717, 1.165) is 13.0 Å². The van der Waals surface area contributed by atoms with Gasteiger partial charge in [-0.05, 0) is 32.3 Å². The van der Waals surface area contributed by atoms with Crippen molar-refractivity contribution < 1.29 is 9.53 Å². The third kappa shape index (κ3) is 5.87. The van der Waals surface area contributed by atoms with E-state index in [1.54, 1.807) is 34.2 Å². The Kier molecular flexibility index (Phi) is 7.98. The van der Waals surface area contributed by atoms with Crippen LogP contribution in [0.25, 0.3) is 0 Å². The van der Waals surface area contributed by atoms with Crippen molar-refractivity contribution >= 4 is 5.91 Å². The molecule has 1 amide bonds.